The van der Waals surface area contributed by atoms with Crippen molar-refractivity contribution < 1.29 is 9.13 Å². The Labute approximate surface area is 145 Å². The van der Waals surface area contributed by atoms with Gasteiger partial charge >= 0.3 is 0 Å². The second-order valence-electron chi connectivity index (χ2n) is 5.58. The molecule has 0 aliphatic carbocycles. The molecule has 1 heterocycles. The number of nitrogens with zero attached hydrogens (tertiary/aromatic N) is 2. The van der Waals surface area contributed by atoms with Crippen LogP contribution in [0.3, 0.4) is 0 Å². The zero-order valence-corrected chi connectivity index (χ0v) is 14.2. The lowest BCUT2D eigenvalue weighted by molar-refractivity contribution is 0.122. The van der Waals surface area contributed by atoms with Gasteiger partial charge < -0.3 is 9.64 Å². The minimum Gasteiger partial charge on any atom is -0.378 e. The molecule has 1 fully saturated rings. The average Bonchev–Trinajstić information content (AvgIpc) is 2.61. The van der Waals surface area contributed by atoms with Crippen LogP contribution in [0.5, 0.6) is 0 Å². The highest BCUT2D eigenvalue weighted by Gasteiger charge is 2.15. The molecule has 1 aliphatic rings. The highest BCUT2D eigenvalue weighted by Crippen LogP contribution is 2.22. The van der Waals surface area contributed by atoms with Crippen LogP contribution in [-0.4, -0.2) is 32.0 Å². The summed E-state index contributed by atoms with van der Waals surface area (Å²) in [6.45, 7) is 4.52. The molecule has 0 aromatic heterocycles. The molecule has 1 aliphatic heterocycles. The zero-order chi connectivity index (χ0) is 16.9. The standard InChI is InChI=1S/C18H19ClFN3O/c1-13(21-22-16-5-3-15(19)4-6-16)14-2-7-18(17(20)12-14)23-8-10-24-11-9-23/h2-7,12,22H,8-11H2,1H3/b21-13-. The first kappa shape index (κ1) is 16.7. The van der Waals surface area contributed by atoms with Crippen molar-refractivity contribution in [1.29, 1.82) is 0 Å². The molecule has 1 saturated heterocycles. The number of rotatable bonds is 4. The summed E-state index contributed by atoms with van der Waals surface area (Å²) in [7, 11) is 0. The summed E-state index contributed by atoms with van der Waals surface area (Å²) >= 11 is 5.85. The van der Waals surface area contributed by atoms with E-state index >= 15 is 0 Å². The quantitative estimate of drug-likeness (QED) is 0.666. The third kappa shape index (κ3) is 4.04. The van der Waals surface area contributed by atoms with Gasteiger partial charge in [0.05, 0.1) is 30.3 Å². The van der Waals surface area contributed by atoms with Crippen molar-refractivity contribution in [2.45, 2.75) is 6.92 Å². The maximum absolute atomic E-state index is 14.4. The molecule has 0 amide bonds. The van der Waals surface area contributed by atoms with Crippen LogP contribution in [-0.2, 0) is 4.74 Å². The molecular formula is C18H19ClFN3O. The Balaban J connectivity index is 1.72. The summed E-state index contributed by atoms with van der Waals surface area (Å²) in [5.41, 5.74) is 5.83. The summed E-state index contributed by atoms with van der Waals surface area (Å²) < 4.78 is 19.7. The van der Waals surface area contributed by atoms with Gasteiger partial charge in [-0.15, -0.1) is 0 Å². The minimum absolute atomic E-state index is 0.240. The Hall–Kier alpha value is -2.11. The fourth-order valence-corrected chi connectivity index (χ4v) is 2.66. The van der Waals surface area contributed by atoms with Crippen LogP contribution in [0.15, 0.2) is 47.6 Å². The van der Waals surface area contributed by atoms with Crippen LogP contribution >= 0.6 is 11.6 Å². The van der Waals surface area contributed by atoms with Crippen molar-refractivity contribution in [3.05, 3.63) is 58.9 Å². The number of hydrogen-bond acceptors (Lipinski definition) is 4. The second-order valence-corrected chi connectivity index (χ2v) is 6.02. The summed E-state index contributed by atoms with van der Waals surface area (Å²) in [6, 6.07) is 12.4. The smallest absolute Gasteiger partial charge is 0.147 e. The predicted octanol–water partition coefficient (Wildman–Crippen LogP) is 4.15. The van der Waals surface area contributed by atoms with Crippen LogP contribution in [0, 0.1) is 5.82 Å². The summed E-state index contributed by atoms with van der Waals surface area (Å²) in [6.07, 6.45) is 0. The fraction of sp³-hybridized carbons (Fsp3) is 0.278. The molecule has 24 heavy (non-hydrogen) atoms. The first-order valence-corrected chi connectivity index (χ1v) is 8.20. The molecule has 0 bridgehead atoms. The van der Waals surface area contributed by atoms with Gasteiger partial charge in [0.25, 0.3) is 0 Å². The Bertz CT molecular complexity index is 728. The lowest BCUT2D eigenvalue weighted by atomic mass is 10.1. The van der Waals surface area contributed by atoms with Gasteiger partial charge in [0.2, 0.25) is 0 Å². The molecule has 4 nitrogen and oxygen atoms in total. The first-order chi connectivity index (χ1) is 11.6. The van der Waals surface area contributed by atoms with Crippen LogP contribution < -0.4 is 10.3 Å². The highest BCUT2D eigenvalue weighted by atomic mass is 35.5. The van der Waals surface area contributed by atoms with Gasteiger partial charge in [0.1, 0.15) is 5.82 Å². The van der Waals surface area contributed by atoms with E-state index in [0.29, 0.717) is 42.7 Å². The van der Waals surface area contributed by atoms with E-state index in [2.05, 4.69) is 10.5 Å². The van der Waals surface area contributed by atoms with E-state index in [4.69, 9.17) is 16.3 Å². The molecule has 0 atom stereocenters. The third-order valence-corrected chi connectivity index (χ3v) is 4.17. The first-order valence-electron chi connectivity index (χ1n) is 7.82. The van der Waals surface area contributed by atoms with E-state index in [1.54, 1.807) is 18.2 Å². The number of anilines is 2. The number of nitrogens with one attached hydrogen (secondary N) is 1. The van der Waals surface area contributed by atoms with Gasteiger partial charge in [-0.05, 0) is 43.3 Å². The summed E-state index contributed by atoms with van der Waals surface area (Å²) in [5.74, 6) is -0.240. The number of halogens is 2. The van der Waals surface area contributed by atoms with Gasteiger partial charge in [0, 0.05) is 23.7 Å². The Kier molecular flexibility index (Phi) is 5.33. The van der Waals surface area contributed by atoms with Crippen LogP contribution in [0.2, 0.25) is 5.02 Å². The molecule has 2 aromatic rings. The number of benzene rings is 2. The van der Waals surface area contributed by atoms with Crippen molar-refractivity contribution in [3.63, 3.8) is 0 Å². The Morgan fingerprint density at radius 2 is 1.88 bits per heavy atom. The van der Waals surface area contributed by atoms with Gasteiger partial charge in [0.15, 0.2) is 0 Å². The largest absolute Gasteiger partial charge is 0.378 e. The van der Waals surface area contributed by atoms with Crippen molar-refractivity contribution in [3.8, 4) is 0 Å². The van der Waals surface area contributed by atoms with Crippen molar-refractivity contribution in [2.75, 3.05) is 36.6 Å². The van der Waals surface area contributed by atoms with Crippen molar-refractivity contribution in [2.24, 2.45) is 5.10 Å². The normalized spacial score (nSPS) is 15.5. The van der Waals surface area contributed by atoms with Gasteiger partial charge in [-0.2, -0.15) is 5.10 Å². The molecule has 2 aromatic carbocycles. The van der Waals surface area contributed by atoms with Gasteiger partial charge in [-0.25, -0.2) is 4.39 Å². The molecule has 0 spiro atoms. The molecule has 1 N–H and O–H groups in total. The average molecular weight is 348 g/mol. The SMILES string of the molecule is C/C(=N/Nc1ccc(Cl)cc1)c1ccc(N2CCOCC2)c(F)c1. The van der Waals surface area contributed by atoms with Crippen molar-refractivity contribution in [1.82, 2.24) is 0 Å². The summed E-state index contributed by atoms with van der Waals surface area (Å²) in [4.78, 5) is 2.00. The number of ether oxygens (including phenoxy) is 1. The maximum atomic E-state index is 14.4. The number of morpholine rings is 1. The van der Waals surface area contributed by atoms with Crippen LogP contribution in [0.4, 0.5) is 15.8 Å². The van der Waals surface area contributed by atoms with Crippen molar-refractivity contribution >= 4 is 28.7 Å². The van der Waals surface area contributed by atoms with E-state index < -0.39 is 0 Å². The Morgan fingerprint density at radius 3 is 2.54 bits per heavy atom. The van der Waals surface area contributed by atoms with Crippen LogP contribution in [0.1, 0.15) is 12.5 Å². The van der Waals surface area contributed by atoms with Gasteiger partial charge in [-0.1, -0.05) is 17.7 Å². The number of hydrazone groups is 1. The van der Waals surface area contributed by atoms with Crippen LogP contribution in [0.25, 0.3) is 0 Å². The molecule has 0 saturated carbocycles. The predicted molar refractivity (Wildman–Crippen MR) is 96.7 cm³/mol. The van der Waals surface area contributed by atoms with Gasteiger partial charge in [-0.3, -0.25) is 5.43 Å². The zero-order valence-electron chi connectivity index (χ0n) is 13.4. The maximum Gasteiger partial charge on any atom is 0.147 e. The third-order valence-electron chi connectivity index (χ3n) is 3.91. The van der Waals surface area contributed by atoms with E-state index in [0.717, 1.165) is 11.3 Å². The van der Waals surface area contributed by atoms with E-state index in [1.165, 1.54) is 6.07 Å². The molecule has 6 heteroatoms. The molecule has 0 radical (unpaired) electrons. The van der Waals surface area contributed by atoms with E-state index in [9.17, 15) is 4.39 Å². The number of hydrogen-bond donors (Lipinski definition) is 1. The second kappa shape index (κ2) is 7.64. The highest BCUT2D eigenvalue weighted by molar-refractivity contribution is 6.30. The summed E-state index contributed by atoms with van der Waals surface area (Å²) in [5, 5.41) is 4.97. The fourth-order valence-electron chi connectivity index (χ4n) is 2.53. The molecule has 126 valence electrons. The molecular weight excluding hydrogens is 329 g/mol. The Morgan fingerprint density at radius 1 is 1.17 bits per heavy atom. The lowest BCUT2D eigenvalue weighted by Gasteiger charge is -2.29. The topological polar surface area (TPSA) is 36.9 Å². The monoisotopic (exact) mass is 347 g/mol. The molecule has 3 rings (SSSR count). The van der Waals surface area contributed by atoms with E-state index in [1.807, 2.05) is 30.0 Å². The molecule has 0 unspecified atom stereocenters. The minimum atomic E-state index is -0.240. The van der Waals surface area contributed by atoms with E-state index in [-0.39, 0.29) is 5.82 Å². The lowest BCUT2D eigenvalue weighted by Crippen LogP contribution is -2.36.